The van der Waals surface area contributed by atoms with Gasteiger partial charge in [-0.1, -0.05) is 6.07 Å². The first-order valence-electron chi connectivity index (χ1n) is 8.22. The Morgan fingerprint density at radius 1 is 1.20 bits per heavy atom. The molecule has 6 heteroatoms. The van der Waals surface area contributed by atoms with Crippen LogP contribution >= 0.6 is 0 Å². The number of carbonyl (C=O) groups excluding carboxylic acids is 1. The molecule has 0 aliphatic rings. The van der Waals surface area contributed by atoms with Gasteiger partial charge in [-0.05, 0) is 49.2 Å². The van der Waals surface area contributed by atoms with E-state index < -0.39 is 0 Å². The highest BCUT2D eigenvalue weighted by atomic mass is 16.5. The molecule has 130 valence electrons. The first kappa shape index (κ1) is 16.8. The van der Waals surface area contributed by atoms with Crippen LogP contribution in [0.5, 0.6) is 11.5 Å². The number of ether oxygens (including phenoxy) is 2. The Bertz CT molecular complexity index is 873. The van der Waals surface area contributed by atoms with Gasteiger partial charge in [-0.2, -0.15) is 5.10 Å². The number of aryl methyl sites for hydroxylation is 1. The summed E-state index contributed by atoms with van der Waals surface area (Å²) in [7, 11) is 1.61. The zero-order chi connectivity index (χ0) is 17.6. The van der Waals surface area contributed by atoms with E-state index in [4.69, 9.17) is 9.47 Å². The second-order valence-corrected chi connectivity index (χ2v) is 5.64. The predicted molar refractivity (Wildman–Crippen MR) is 97.2 cm³/mol. The van der Waals surface area contributed by atoms with E-state index in [2.05, 4.69) is 15.5 Å². The molecule has 0 saturated carbocycles. The summed E-state index contributed by atoms with van der Waals surface area (Å²) < 4.78 is 10.8. The fraction of sp³-hybridized carbons (Fsp3) is 0.263. The summed E-state index contributed by atoms with van der Waals surface area (Å²) in [6.07, 6.45) is 2.76. The lowest BCUT2D eigenvalue weighted by atomic mass is 10.1. The van der Waals surface area contributed by atoms with Crippen molar-refractivity contribution in [1.29, 1.82) is 0 Å². The highest BCUT2D eigenvalue weighted by Gasteiger charge is 2.08. The van der Waals surface area contributed by atoms with Gasteiger partial charge in [0.25, 0.3) is 0 Å². The maximum atomic E-state index is 12.2. The number of benzene rings is 2. The normalized spacial score (nSPS) is 10.6. The Hall–Kier alpha value is -3.02. The minimum atomic E-state index is -0.0354. The first-order chi connectivity index (χ1) is 12.2. The van der Waals surface area contributed by atoms with Crippen LogP contribution in [-0.2, 0) is 11.2 Å². The van der Waals surface area contributed by atoms with Gasteiger partial charge < -0.3 is 14.8 Å². The SMILES string of the molecule is CCOc1ccc(CCC(=O)Nc2ccc3cn[nH]c3c2)cc1OC. The number of rotatable bonds is 7. The lowest BCUT2D eigenvalue weighted by Crippen LogP contribution is -2.12. The lowest BCUT2D eigenvalue weighted by molar-refractivity contribution is -0.116. The quantitative estimate of drug-likeness (QED) is 0.690. The van der Waals surface area contributed by atoms with Crippen molar-refractivity contribution in [1.82, 2.24) is 10.2 Å². The maximum Gasteiger partial charge on any atom is 0.224 e. The topological polar surface area (TPSA) is 76.2 Å². The highest BCUT2D eigenvalue weighted by molar-refractivity contribution is 5.93. The number of aromatic nitrogens is 2. The van der Waals surface area contributed by atoms with Crippen molar-refractivity contribution in [3.8, 4) is 11.5 Å². The third kappa shape index (κ3) is 4.09. The van der Waals surface area contributed by atoms with Gasteiger partial charge in [0.1, 0.15) is 0 Å². The van der Waals surface area contributed by atoms with Crippen LogP contribution in [0.15, 0.2) is 42.6 Å². The third-order valence-corrected chi connectivity index (χ3v) is 3.89. The van der Waals surface area contributed by atoms with Crippen molar-refractivity contribution in [2.75, 3.05) is 19.0 Å². The third-order valence-electron chi connectivity index (χ3n) is 3.89. The number of aromatic amines is 1. The predicted octanol–water partition coefficient (Wildman–Crippen LogP) is 3.54. The molecule has 3 rings (SSSR count). The van der Waals surface area contributed by atoms with Crippen LogP contribution in [0, 0.1) is 0 Å². The molecule has 3 aromatic rings. The summed E-state index contributed by atoms with van der Waals surface area (Å²) in [6.45, 7) is 2.51. The summed E-state index contributed by atoms with van der Waals surface area (Å²) in [5.74, 6) is 1.36. The highest BCUT2D eigenvalue weighted by Crippen LogP contribution is 2.28. The summed E-state index contributed by atoms with van der Waals surface area (Å²) in [6, 6.07) is 11.4. The Morgan fingerprint density at radius 2 is 2.08 bits per heavy atom. The van der Waals surface area contributed by atoms with E-state index in [1.807, 2.05) is 43.3 Å². The van der Waals surface area contributed by atoms with Gasteiger partial charge in [-0.15, -0.1) is 0 Å². The number of fused-ring (bicyclic) bond motifs is 1. The molecule has 0 unspecified atom stereocenters. The van der Waals surface area contributed by atoms with Crippen LogP contribution in [0.1, 0.15) is 18.9 Å². The van der Waals surface area contributed by atoms with Crippen LogP contribution in [0.3, 0.4) is 0 Å². The molecule has 25 heavy (non-hydrogen) atoms. The van der Waals surface area contributed by atoms with E-state index in [-0.39, 0.29) is 5.91 Å². The second-order valence-electron chi connectivity index (χ2n) is 5.64. The summed E-state index contributed by atoms with van der Waals surface area (Å²) in [5.41, 5.74) is 2.68. The molecule has 0 atom stereocenters. The zero-order valence-electron chi connectivity index (χ0n) is 14.3. The number of hydrogen-bond donors (Lipinski definition) is 2. The number of amides is 1. The van der Waals surface area contributed by atoms with Gasteiger partial charge in [-0.3, -0.25) is 9.89 Å². The van der Waals surface area contributed by atoms with Crippen LogP contribution in [0.4, 0.5) is 5.69 Å². The van der Waals surface area contributed by atoms with Gasteiger partial charge in [0.2, 0.25) is 5.91 Å². The zero-order valence-corrected chi connectivity index (χ0v) is 14.3. The van der Waals surface area contributed by atoms with Crippen molar-refractivity contribution < 1.29 is 14.3 Å². The van der Waals surface area contributed by atoms with Gasteiger partial charge in [0.15, 0.2) is 11.5 Å². The number of nitrogens with zero attached hydrogens (tertiary/aromatic N) is 1. The number of H-pyrrole nitrogens is 1. The molecule has 1 aromatic heterocycles. The summed E-state index contributed by atoms with van der Waals surface area (Å²) in [5, 5.41) is 10.8. The molecular formula is C19H21N3O3. The van der Waals surface area contributed by atoms with E-state index in [9.17, 15) is 4.79 Å². The molecule has 1 heterocycles. The molecule has 6 nitrogen and oxygen atoms in total. The Kier molecular flexibility index (Phi) is 5.18. The average Bonchev–Trinajstić information content (AvgIpc) is 3.09. The van der Waals surface area contributed by atoms with Crippen LogP contribution in [0.2, 0.25) is 0 Å². The maximum absolute atomic E-state index is 12.2. The number of anilines is 1. The number of hydrogen-bond acceptors (Lipinski definition) is 4. The van der Waals surface area contributed by atoms with Gasteiger partial charge >= 0.3 is 0 Å². The molecule has 1 amide bonds. The van der Waals surface area contributed by atoms with E-state index in [1.54, 1.807) is 13.3 Å². The first-order valence-corrected chi connectivity index (χ1v) is 8.22. The monoisotopic (exact) mass is 339 g/mol. The minimum Gasteiger partial charge on any atom is -0.493 e. The molecule has 0 aliphatic heterocycles. The fourth-order valence-electron chi connectivity index (χ4n) is 2.64. The smallest absolute Gasteiger partial charge is 0.224 e. The van der Waals surface area contributed by atoms with Crippen molar-refractivity contribution in [3.05, 3.63) is 48.2 Å². The molecule has 0 aliphatic carbocycles. The van der Waals surface area contributed by atoms with E-state index in [1.165, 1.54) is 0 Å². The molecular weight excluding hydrogens is 318 g/mol. The van der Waals surface area contributed by atoms with E-state index in [0.29, 0.717) is 30.9 Å². The summed E-state index contributed by atoms with van der Waals surface area (Å²) >= 11 is 0. The summed E-state index contributed by atoms with van der Waals surface area (Å²) in [4.78, 5) is 12.2. The van der Waals surface area contributed by atoms with Gasteiger partial charge in [-0.25, -0.2) is 0 Å². The fourth-order valence-corrected chi connectivity index (χ4v) is 2.64. The van der Waals surface area contributed by atoms with Crippen molar-refractivity contribution >= 4 is 22.5 Å². The van der Waals surface area contributed by atoms with Gasteiger partial charge in [0, 0.05) is 17.5 Å². The molecule has 0 spiro atoms. The molecule has 2 aromatic carbocycles. The second kappa shape index (κ2) is 7.70. The number of methoxy groups -OCH3 is 1. The van der Waals surface area contributed by atoms with Crippen molar-refractivity contribution in [2.24, 2.45) is 0 Å². The van der Waals surface area contributed by atoms with Crippen LogP contribution < -0.4 is 14.8 Å². The van der Waals surface area contributed by atoms with Crippen LogP contribution in [0.25, 0.3) is 10.9 Å². The van der Waals surface area contributed by atoms with Crippen molar-refractivity contribution in [2.45, 2.75) is 19.8 Å². The molecule has 0 fully saturated rings. The van der Waals surface area contributed by atoms with E-state index >= 15 is 0 Å². The van der Waals surface area contributed by atoms with Crippen LogP contribution in [-0.4, -0.2) is 29.8 Å². The molecule has 0 bridgehead atoms. The largest absolute Gasteiger partial charge is 0.493 e. The number of nitrogens with one attached hydrogen (secondary N) is 2. The van der Waals surface area contributed by atoms with E-state index in [0.717, 1.165) is 22.2 Å². The average molecular weight is 339 g/mol. The van der Waals surface area contributed by atoms with Crippen molar-refractivity contribution in [3.63, 3.8) is 0 Å². The molecule has 0 saturated heterocycles. The molecule has 0 radical (unpaired) electrons. The Morgan fingerprint density at radius 3 is 2.88 bits per heavy atom. The Balaban J connectivity index is 1.59. The minimum absolute atomic E-state index is 0.0354. The lowest BCUT2D eigenvalue weighted by Gasteiger charge is -2.11. The number of carbonyl (C=O) groups is 1. The Labute approximate surface area is 146 Å². The standard InChI is InChI=1S/C19H21N3O3/c1-3-25-17-8-4-13(10-18(17)24-2)5-9-19(23)21-15-7-6-14-12-20-22-16(14)11-15/h4,6-8,10-12H,3,5,9H2,1-2H3,(H,20,22)(H,21,23). The van der Waals surface area contributed by atoms with Gasteiger partial charge in [0.05, 0.1) is 25.4 Å². The molecule has 2 N–H and O–H groups in total.